The highest BCUT2D eigenvalue weighted by molar-refractivity contribution is 6.39. The molecule has 0 fully saturated rings. The average molecular weight is 288 g/mol. The fraction of sp³-hybridized carbons (Fsp3) is 0.308. The first-order valence-electron chi connectivity index (χ1n) is 5.55. The van der Waals surface area contributed by atoms with Crippen LogP contribution in [-0.2, 0) is 9.53 Å². The summed E-state index contributed by atoms with van der Waals surface area (Å²) in [5.74, 6) is -0.315. The van der Waals surface area contributed by atoms with Crippen LogP contribution in [0.5, 0.6) is 0 Å². The van der Waals surface area contributed by atoms with E-state index in [1.807, 2.05) is 6.92 Å². The van der Waals surface area contributed by atoms with Crippen molar-refractivity contribution < 1.29 is 9.53 Å². The smallest absolute Gasteiger partial charge is 0.333 e. The molecule has 0 heterocycles. The molecule has 98 valence electrons. The minimum Gasteiger partial charge on any atom is -0.466 e. The molecule has 1 rings (SSSR count). The molecule has 0 bridgehead atoms. The number of carbonyl (C=O) groups excluding carboxylic acids is 1. The number of halogens is 2. The highest BCUT2D eigenvalue weighted by Crippen LogP contribution is 2.29. The monoisotopic (exact) mass is 287 g/mol. The van der Waals surface area contributed by atoms with Gasteiger partial charge in [-0.05, 0) is 18.6 Å². The third-order valence-electron chi connectivity index (χ3n) is 2.42. The van der Waals surface area contributed by atoms with Crippen molar-refractivity contribution in [1.82, 2.24) is 0 Å². The molecule has 0 saturated carbocycles. The molecule has 0 aromatic heterocycles. The minimum absolute atomic E-state index is 0.315. The molecule has 0 radical (unpaired) electrons. The van der Waals surface area contributed by atoms with Gasteiger partial charge in [-0.3, -0.25) is 0 Å². The van der Waals surface area contributed by atoms with E-state index in [2.05, 4.69) is 10.1 Å². The zero-order chi connectivity index (χ0) is 13.5. The topological polar surface area (TPSA) is 38.3 Å². The van der Waals surface area contributed by atoms with E-state index in [1.54, 1.807) is 24.3 Å². The van der Waals surface area contributed by atoms with Crippen molar-refractivity contribution >= 4 is 34.9 Å². The van der Waals surface area contributed by atoms with Gasteiger partial charge in [-0.1, -0.05) is 42.3 Å². The quantitative estimate of drug-likeness (QED) is 0.659. The van der Waals surface area contributed by atoms with Gasteiger partial charge in [0.2, 0.25) is 0 Å². The van der Waals surface area contributed by atoms with Gasteiger partial charge in [0.1, 0.15) is 0 Å². The third-order valence-corrected chi connectivity index (χ3v) is 3.05. The number of ether oxygens (including phenoxy) is 1. The third kappa shape index (κ3) is 3.93. The van der Waals surface area contributed by atoms with Crippen LogP contribution in [0.1, 0.15) is 13.3 Å². The first-order chi connectivity index (χ1) is 8.60. The summed E-state index contributed by atoms with van der Waals surface area (Å²) >= 11 is 12.0. The zero-order valence-electron chi connectivity index (χ0n) is 10.3. The van der Waals surface area contributed by atoms with E-state index in [9.17, 15) is 4.79 Å². The molecule has 18 heavy (non-hydrogen) atoms. The van der Waals surface area contributed by atoms with Gasteiger partial charge in [0.25, 0.3) is 0 Å². The lowest BCUT2D eigenvalue weighted by Gasteiger charge is -2.09. The van der Waals surface area contributed by atoms with E-state index in [-0.39, 0.29) is 5.97 Å². The summed E-state index contributed by atoms with van der Waals surface area (Å²) in [4.78, 5) is 11.3. The van der Waals surface area contributed by atoms with Crippen LogP contribution in [-0.4, -0.2) is 19.6 Å². The number of esters is 1. The molecule has 1 aromatic rings. The first kappa shape index (κ1) is 14.9. The summed E-state index contributed by atoms with van der Waals surface area (Å²) in [6, 6.07) is 5.28. The summed E-state index contributed by atoms with van der Waals surface area (Å²) in [6.07, 6.45) is 2.39. The maximum atomic E-state index is 11.3. The Bertz CT molecular complexity index is 438. The largest absolute Gasteiger partial charge is 0.466 e. The predicted octanol–water partition coefficient (Wildman–Crippen LogP) is 3.91. The molecule has 3 nitrogen and oxygen atoms in total. The number of anilines is 1. The van der Waals surface area contributed by atoms with Crippen LogP contribution in [0.4, 0.5) is 5.69 Å². The maximum Gasteiger partial charge on any atom is 0.333 e. The molecule has 5 heteroatoms. The second-order valence-corrected chi connectivity index (χ2v) is 4.37. The highest BCUT2D eigenvalue weighted by Gasteiger charge is 2.07. The normalized spacial score (nSPS) is 11.2. The van der Waals surface area contributed by atoms with Crippen molar-refractivity contribution in [1.29, 1.82) is 0 Å². The Balaban J connectivity index is 2.71. The standard InChI is InChI=1S/C13H15Cl2NO2/c1-3-9(13(17)18-2)7-8-16-12-10(14)5-4-6-11(12)15/h4-7,16H,3,8H2,1-2H3/b9-7-. The van der Waals surface area contributed by atoms with E-state index >= 15 is 0 Å². The van der Waals surface area contributed by atoms with Crippen LogP contribution in [0.25, 0.3) is 0 Å². The van der Waals surface area contributed by atoms with Gasteiger partial charge in [-0.25, -0.2) is 4.79 Å². The van der Waals surface area contributed by atoms with Crippen LogP contribution >= 0.6 is 23.2 Å². The second-order valence-electron chi connectivity index (χ2n) is 3.55. The number of para-hydroxylation sites is 1. The fourth-order valence-corrected chi connectivity index (χ4v) is 1.98. The second kappa shape index (κ2) is 7.29. The van der Waals surface area contributed by atoms with Crippen LogP contribution < -0.4 is 5.32 Å². The van der Waals surface area contributed by atoms with Gasteiger partial charge in [0.05, 0.1) is 22.8 Å². The first-order valence-corrected chi connectivity index (χ1v) is 6.31. The van der Waals surface area contributed by atoms with Gasteiger partial charge in [0.15, 0.2) is 0 Å². The molecule has 0 spiro atoms. The van der Waals surface area contributed by atoms with E-state index < -0.39 is 0 Å². The number of rotatable bonds is 5. The Morgan fingerprint density at radius 3 is 2.50 bits per heavy atom. The number of hydrogen-bond donors (Lipinski definition) is 1. The molecule has 0 amide bonds. The summed E-state index contributed by atoms with van der Waals surface area (Å²) in [6.45, 7) is 2.35. The molecule has 0 saturated heterocycles. The fourth-order valence-electron chi connectivity index (χ4n) is 1.45. The summed E-state index contributed by atoms with van der Waals surface area (Å²) in [7, 11) is 1.37. The number of nitrogens with one attached hydrogen (secondary N) is 1. The molecule has 0 atom stereocenters. The number of hydrogen-bond acceptors (Lipinski definition) is 3. The van der Waals surface area contributed by atoms with Crippen molar-refractivity contribution in [2.24, 2.45) is 0 Å². The Labute approximate surface area is 117 Å². The van der Waals surface area contributed by atoms with Gasteiger partial charge in [0, 0.05) is 12.1 Å². The predicted molar refractivity (Wildman–Crippen MR) is 75.3 cm³/mol. The Morgan fingerprint density at radius 2 is 2.00 bits per heavy atom. The van der Waals surface area contributed by atoms with Crippen molar-refractivity contribution in [2.75, 3.05) is 19.0 Å². The summed E-state index contributed by atoms with van der Waals surface area (Å²) in [5, 5.41) is 4.17. The molecule has 0 unspecified atom stereocenters. The number of carbonyl (C=O) groups is 1. The van der Waals surface area contributed by atoms with Crippen molar-refractivity contribution in [3.8, 4) is 0 Å². The number of methoxy groups -OCH3 is 1. The maximum absolute atomic E-state index is 11.3. The SMILES string of the molecule is CC/C(=C/CNc1c(Cl)cccc1Cl)C(=O)OC. The van der Waals surface area contributed by atoms with Gasteiger partial charge in [-0.2, -0.15) is 0 Å². The van der Waals surface area contributed by atoms with E-state index in [0.717, 1.165) is 0 Å². The Morgan fingerprint density at radius 1 is 1.39 bits per heavy atom. The van der Waals surface area contributed by atoms with Crippen molar-refractivity contribution in [3.05, 3.63) is 39.9 Å². The highest BCUT2D eigenvalue weighted by atomic mass is 35.5. The molecule has 1 aromatic carbocycles. The van der Waals surface area contributed by atoms with Crippen LogP contribution in [0, 0.1) is 0 Å². The Kier molecular flexibility index (Phi) is 6.02. The molecule has 1 N–H and O–H groups in total. The minimum atomic E-state index is -0.315. The Hall–Kier alpha value is -1.19. The zero-order valence-corrected chi connectivity index (χ0v) is 11.8. The van der Waals surface area contributed by atoms with E-state index in [0.29, 0.717) is 34.3 Å². The van der Waals surface area contributed by atoms with Gasteiger partial charge < -0.3 is 10.1 Å². The van der Waals surface area contributed by atoms with Crippen molar-refractivity contribution in [3.63, 3.8) is 0 Å². The lowest BCUT2D eigenvalue weighted by Crippen LogP contribution is -2.07. The van der Waals surface area contributed by atoms with Crippen molar-refractivity contribution in [2.45, 2.75) is 13.3 Å². The van der Waals surface area contributed by atoms with Crippen LogP contribution in [0.3, 0.4) is 0 Å². The number of benzene rings is 1. The lowest BCUT2D eigenvalue weighted by molar-refractivity contribution is -0.136. The van der Waals surface area contributed by atoms with Crippen LogP contribution in [0.2, 0.25) is 10.0 Å². The molecule has 0 aliphatic rings. The summed E-state index contributed by atoms with van der Waals surface area (Å²) in [5.41, 5.74) is 1.28. The molecule has 0 aliphatic heterocycles. The summed E-state index contributed by atoms with van der Waals surface area (Å²) < 4.78 is 4.67. The van der Waals surface area contributed by atoms with Gasteiger partial charge in [-0.15, -0.1) is 0 Å². The van der Waals surface area contributed by atoms with Crippen LogP contribution in [0.15, 0.2) is 29.8 Å². The van der Waals surface area contributed by atoms with E-state index in [4.69, 9.17) is 23.2 Å². The molecule has 0 aliphatic carbocycles. The molecular formula is C13H15Cl2NO2. The van der Waals surface area contributed by atoms with E-state index in [1.165, 1.54) is 7.11 Å². The average Bonchev–Trinajstić information content (AvgIpc) is 2.37. The lowest BCUT2D eigenvalue weighted by atomic mass is 10.2. The van der Waals surface area contributed by atoms with Gasteiger partial charge >= 0.3 is 5.97 Å². The molecular weight excluding hydrogens is 273 g/mol.